The second-order valence-electron chi connectivity index (χ2n) is 4.69. The third kappa shape index (κ3) is 3.00. The molecule has 98 valence electrons. The Morgan fingerprint density at radius 3 is 2.83 bits per heavy atom. The third-order valence-electron chi connectivity index (χ3n) is 3.44. The van der Waals surface area contributed by atoms with Crippen LogP contribution < -0.4 is 4.90 Å². The fourth-order valence-electron chi connectivity index (χ4n) is 2.30. The molecule has 0 unspecified atom stereocenters. The van der Waals surface area contributed by atoms with Gasteiger partial charge in [-0.3, -0.25) is 4.79 Å². The van der Waals surface area contributed by atoms with Gasteiger partial charge in [0.25, 0.3) is 5.91 Å². The molecule has 0 aliphatic carbocycles. The van der Waals surface area contributed by atoms with Gasteiger partial charge in [0.1, 0.15) is 0 Å². The number of amides is 1. The maximum Gasteiger partial charge on any atom is 0.255 e. The summed E-state index contributed by atoms with van der Waals surface area (Å²) in [6, 6.07) is 2.04. The van der Waals surface area contributed by atoms with E-state index in [1.807, 2.05) is 22.4 Å². The van der Waals surface area contributed by atoms with Crippen molar-refractivity contribution in [3.05, 3.63) is 34.5 Å². The van der Waals surface area contributed by atoms with Crippen LogP contribution in [-0.4, -0.2) is 43.5 Å². The number of carbonyl (C=O) groups is 1. The Kier molecular flexibility index (Phi) is 4.55. The maximum absolute atomic E-state index is 12.3. The van der Waals surface area contributed by atoms with Gasteiger partial charge < -0.3 is 9.80 Å². The van der Waals surface area contributed by atoms with Gasteiger partial charge in [-0.25, -0.2) is 0 Å². The van der Waals surface area contributed by atoms with Crippen LogP contribution in [-0.2, 0) is 6.42 Å². The molecule has 1 N–H and O–H groups in total. The molecule has 18 heavy (non-hydrogen) atoms. The van der Waals surface area contributed by atoms with Crippen LogP contribution in [0.5, 0.6) is 0 Å². The zero-order chi connectivity index (χ0) is 13.0. The molecule has 2 heterocycles. The molecule has 2 rings (SSSR count). The Morgan fingerprint density at radius 2 is 2.28 bits per heavy atom. The summed E-state index contributed by atoms with van der Waals surface area (Å²) in [4.78, 5) is 17.1. The van der Waals surface area contributed by atoms with Gasteiger partial charge in [0, 0.05) is 10.3 Å². The molecule has 1 saturated heterocycles. The SMILES string of the molecule is C=CC[NH+]1CCN(C(=O)c2csc(CC)c2)CC1. The average Bonchev–Trinajstić information content (AvgIpc) is 2.88. The van der Waals surface area contributed by atoms with Crippen LogP contribution in [0.15, 0.2) is 24.1 Å². The van der Waals surface area contributed by atoms with Gasteiger partial charge >= 0.3 is 0 Å². The molecule has 1 fully saturated rings. The number of nitrogens with zero attached hydrogens (tertiary/aromatic N) is 1. The first kappa shape index (κ1) is 13.3. The minimum atomic E-state index is 0.198. The van der Waals surface area contributed by atoms with Crippen molar-refractivity contribution in [2.75, 3.05) is 32.7 Å². The summed E-state index contributed by atoms with van der Waals surface area (Å²) in [5.41, 5.74) is 0.865. The molecular weight excluding hydrogens is 244 g/mol. The molecule has 4 heteroatoms. The van der Waals surface area contributed by atoms with E-state index in [0.717, 1.165) is 44.7 Å². The zero-order valence-corrected chi connectivity index (χ0v) is 11.8. The molecule has 0 radical (unpaired) electrons. The topological polar surface area (TPSA) is 24.8 Å². The van der Waals surface area contributed by atoms with Crippen molar-refractivity contribution in [1.82, 2.24) is 4.90 Å². The van der Waals surface area contributed by atoms with Gasteiger partial charge in [0.2, 0.25) is 0 Å². The van der Waals surface area contributed by atoms with Gasteiger partial charge in [0.15, 0.2) is 0 Å². The lowest BCUT2D eigenvalue weighted by molar-refractivity contribution is -0.898. The number of thiophene rings is 1. The number of nitrogens with one attached hydrogen (secondary N) is 1. The van der Waals surface area contributed by atoms with E-state index in [2.05, 4.69) is 13.5 Å². The first-order chi connectivity index (χ1) is 8.74. The summed E-state index contributed by atoms with van der Waals surface area (Å²) in [5.74, 6) is 0.198. The van der Waals surface area contributed by atoms with E-state index in [0.29, 0.717) is 0 Å². The van der Waals surface area contributed by atoms with E-state index >= 15 is 0 Å². The van der Waals surface area contributed by atoms with E-state index in [-0.39, 0.29) is 5.91 Å². The Labute approximate surface area is 113 Å². The van der Waals surface area contributed by atoms with E-state index in [4.69, 9.17) is 0 Å². The van der Waals surface area contributed by atoms with Crippen molar-refractivity contribution in [3.63, 3.8) is 0 Å². The highest BCUT2D eigenvalue weighted by Crippen LogP contribution is 2.16. The van der Waals surface area contributed by atoms with Crippen molar-refractivity contribution >= 4 is 17.2 Å². The lowest BCUT2D eigenvalue weighted by Gasteiger charge is -2.31. The second-order valence-corrected chi connectivity index (χ2v) is 5.69. The Morgan fingerprint density at radius 1 is 1.56 bits per heavy atom. The molecule has 0 saturated carbocycles. The fourth-order valence-corrected chi connectivity index (χ4v) is 3.10. The first-order valence-electron chi connectivity index (χ1n) is 6.55. The normalized spacial score (nSPS) is 16.8. The largest absolute Gasteiger partial charge is 0.329 e. The molecule has 1 aliphatic heterocycles. The van der Waals surface area contributed by atoms with Crippen LogP contribution in [0.2, 0.25) is 0 Å². The predicted octanol–water partition coefficient (Wildman–Crippen LogP) is 0.837. The number of rotatable bonds is 4. The molecule has 0 aromatic carbocycles. The van der Waals surface area contributed by atoms with Crippen LogP contribution >= 0.6 is 11.3 Å². The monoisotopic (exact) mass is 265 g/mol. The summed E-state index contributed by atoms with van der Waals surface area (Å²) < 4.78 is 0. The predicted molar refractivity (Wildman–Crippen MR) is 75.4 cm³/mol. The highest BCUT2D eigenvalue weighted by atomic mass is 32.1. The highest BCUT2D eigenvalue weighted by molar-refractivity contribution is 7.10. The highest BCUT2D eigenvalue weighted by Gasteiger charge is 2.24. The molecule has 3 nitrogen and oxygen atoms in total. The van der Waals surface area contributed by atoms with Gasteiger partial charge in [-0.15, -0.1) is 11.3 Å². The van der Waals surface area contributed by atoms with Gasteiger partial charge in [-0.1, -0.05) is 13.5 Å². The molecule has 0 bridgehead atoms. The quantitative estimate of drug-likeness (QED) is 0.802. The van der Waals surface area contributed by atoms with Crippen molar-refractivity contribution in [2.24, 2.45) is 0 Å². The number of aryl methyl sites for hydroxylation is 1. The second kappa shape index (κ2) is 6.16. The number of quaternary nitrogens is 1. The van der Waals surface area contributed by atoms with Crippen molar-refractivity contribution in [1.29, 1.82) is 0 Å². The molecule has 0 spiro atoms. The van der Waals surface area contributed by atoms with Gasteiger partial charge in [0.05, 0.1) is 38.3 Å². The van der Waals surface area contributed by atoms with Crippen LogP contribution in [0, 0.1) is 0 Å². The van der Waals surface area contributed by atoms with E-state index in [9.17, 15) is 4.79 Å². The van der Waals surface area contributed by atoms with Crippen LogP contribution in [0.3, 0.4) is 0 Å². The van der Waals surface area contributed by atoms with E-state index in [1.54, 1.807) is 11.3 Å². The third-order valence-corrected chi connectivity index (χ3v) is 4.52. The Bertz CT molecular complexity index is 419. The van der Waals surface area contributed by atoms with E-state index < -0.39 is 0 Å². The molecule has 1 aromatic heterocycles. The number of piperazine rings is 1. The number of carbonyl (C=O) groups excluding carboxylic acids is 1. The Balaban J connectivity index is 1.92. The zero-order valence-electron chi connectivity index (χ0n) is 10.9. The van der Waals surface area contributed by atoms with Gasteiger partial charge in [-0.2, -0.15) is 0 Å². The summed E-state index contributed by atoms with van der Waals surface area (Å²) in [7, 11) is 0. The lowest BCUT2D eigenvalue weighted by Crippen LogP contribution is -3.14. The number of hydrogen-bond donors (Lipinski definition) is 1. The van der Waals surface area contributed by atoms with Crippen molar-refractivity contribution < 1.29 is 9.69 Å². The van der Waals surface area contributed by atoms with Crippen LogP contribution in [0.25, 0.3) is 0 Å². The molecule has 0 atom stereocenters. The van der Waals surface area contributed by atoms with Crippen LogP contribution in [0.1, 0.15) is 22.2 Å². The molecular formula is C14H21N2OS+. The summed E-state index contributed by atoms with van der Waals surface area (Å²) in [5, 5.41) is 1.99. The van der Waals surface area contributed by atoms with E-state index in [1.165, 1.54) is 9.78 Å². The average molecular weight is 265 g/mol. The molecule has 1 aliphatic rings. The smallest absolute Gasteiger partial charge is 0.255 e. The van der Waals surface area contributed by atoms with Crippen LogP contribution in [0.4, 0.5) is 0 Å². The maximum atomic E-state index is 12.3. The van der Waals surface area contributed by atoms with Crippen molar-refractivity contribution in [2.45, 2.75) is 13.3 Å². The first-order valence-corrected chi connectivity index (χ1v) is 7.43. The van der Waals surface area contributed by atoms with Gasteiger partial charge in [-0.05, 0) is 18.6 Å². The molecule has 1 amide bonds. The molecule has 1 aromatic rings. The number of hydrogen-bond acceptors (Lipinski definition) is 2. The van der Waals surface area contributed by atoms with Crippen molar-refractivity contribution in [3.8, 4) is 0 Å². The Hall–Kier alpha value is -1.13. The lowest BCUT2D eigenvalue weighted by atomic mass is 10.2. The summed E-state index contributed by atoms with van der Waals surface area (Å²) >= 11 is 1.68. The standard InChI is InChI=1S/C14H20N2OS/c1-3-5-15-6-8-16(9-7-15)14(17)12-10-13(4-2)18-11-12/h3,10-11H,1,4-9H2,2H3/p+1. The fraction of sp³-hybridized carbons (Fsp3) is 0.500. The summed E-state index contributed by atoms with van der Waals surface area (Å²) in [6.45, 7) is 10.7. The summed E-state index contributed by atoms with van der Waals surface area (Å²) in [6.07, 6.45) is 2.97. The minimum Gasteiger partial charge on any atom is -0.329 e. The minimum absolute atomic E-state index is 0.198.